The summed E-state index contributed by atoms with van der Waals surface area (Å²) in [5.74, 6) is -2.52. The van der Waals surface area contributed by atoms with Gasteiger partial charge in [0.2, 0.25) is 0 Å². The maximum absolute atomic E-state index is 15.2. The molecule has 4 saturated heterocycles. The van der Waals surface area contributed by atoms with Gasteiger partial charge in [0.15, 0.2) is 19.5 Å². The molecular weight excluding hydrogens is 749 g/mol. The topological polar surface area (TPSA) is 186 Å². The number of benzene rings is 2. The minimum absolute atomic E-state index is 0.475. The van der Waals surface area contributed by atoms with E-state index < -0.39 is 91.7 Å². The lowest BCUT2D eigenvalue weighted by atomic mass is 9.52. The van der Waals surface area contributed by atoms with Gasteiger partial charge < -0.3 is 40.9 Å². The lowest BCUT2D eigenvalue weighted by molar-refractivity contribution is -0.168. The number of hydrogen-bond donors (Lipinski definition) is 6. The van der Waals surface area contributed by atoms with E-state index in [-0.39, 0.29) is 0 Å². The second kappa shape index (κ2) is 11.3. The molecule has 52 heavy (non-hydrogen) atoms. The van der Waals surface area contributed by atoms with Crippen LogP contribution in [0.5, 0.6) is 0 Å². The lowest BCUT2D eigenvalue weighted by Crippen LogP contribution is -2.76. The highest BCUT2D eigenvalue weighted by molar-refractivity contribution is 8.02. The standard InChI is InChI=1S/C34H40N6O8S4/c1-37-27(47)33(51-5)21(43)31(17-11-7-9-13-19(17)35-23(31)39(33)25(45)29(37,15-41)49-3)32-18-12-8-10-14-20(18)36-24(32)40-26(46)30(16-42,50-4)38(2)28(48)34(40,52-6)22(32)44/h7-14,21-24,35-36,41-44H,15-16H2,1-6H3. The Morgan fingerprint density at radius 3 is 1.25 bits per heavy atom. The van der Waals surface area contributed by atoms with Crippen molar-refractivity contribution >= 4 is 82.1 Å². The zero-order chi connectivity index (χ0) is 37.6. The van der Waals surface area contributed by atoms with E-state index in [2.05, 4.69) is 10.6 Å². The fourth-order valence-electron chi connectivity index (χ4n) is 10.5. The summed E-state index contributed by atoms with van der Waals surface area (Å²) < 4.78 is 0. The summed E-state index contributed by atoms with van der Waals surface area (Å²) in [6, 6.07) is 14.2. The van der Waals surface area contributed by atoms with Crippen LogP contribution in [0.3, 0.4) is 0 Å². The fourth-order valence-corrected chi connectivity index (χ4v) is 14.2. The van der Waals surface area contributed by atoms with Gasteiger partial charge in [0.25, 0.3) is 23.6 Å². The second-order valence-corrected chi connectivity index (χ2v) is 18.1. The number of nitrogens with zero attached hydrogens (tertiary/aromatic N) is 4. The van der Waals surface area contributed by atoms with Crippen molar-refractivity contribution in [1.29, 1.82) is 0 Å². The molecule has 10 atom stereocenters. The first-order valence-corrected chi connectivity index (χ1v) is 21.4. The molecular formula is C34H40N6O8S4. The number of aliphatic hydroxyl groups is 4. The maximum atomic E-state index is 15.2. The van der Waals surface area contributed by atoms with E-state index >= 15 is 19.2 Å². The molecule has 0 saturated carbocycles. The average Bonchev–Trinajstić information content (AvgIpc) is 3.81. The average molecular weight is 789 g/mol. The summed E-state index contributed by atoms with van der Waals surface area (Å²) in [4.78, 5) is 57.9. The summed E-state index contributed by atoms with van der Waals surface area (Å²) in [7, 11) is 2.87. The maximum Gasteiger partial charge on any atom is 0.264 e. The van der Waals surface area contributed by atoms with Crippen molar-refractivity contribution in [3.63, 3.8) is 0 Å². The highest BCUT2D eigenvalue weighted by atomic mass is 32.2. The van der Waals surface area contributed by atoms with Gasteiger partial charge in [-0.1, -0.05) is 36.4 Å². The molecule has 14 nitrogen and oxygen atoms in total. The Hall–Kier alpha value is -2.84. The molecule has 0 aromatic heterocycles. The molecule has 6 aliphatic rings. The Morgan fingerprint density at radius 1 is 0.596 bits per heavy atom. The highest BCUT2D eigenvalue weighted by Gasteiger charge is 2.91. The second-order valence-electron chi connectivity index (χ2n) is 13.9. The molecule has 6 heterocycles. The number of carbonyl (C=O) groups is 4. The SMILES string of the molecule is CSC1(CO)C(=O)N2C3Nc4ccccc4C3(C34c5ccccc5NC3N3C(=O)C(CO)(SC)N(C)C(=O)C3(SC)C4O)C(O)C2(SC)C(=O)N1C. The largest absolute Gasteiger partial charge is 0.392 e. The van der Waals surface area contributed by atoms with Gasteiger partial charge in [0, 0.05) is 25.5 Å². The van der Waals surface area contributed by atoms with E-state index in [1.165, 1.54) is 33.7 Å². The van der Waals surface area contributed by atoms with E-state index in [4.69, 9.17) is 0 Å². The van der Waals surface area contributed by atoms with Crippen molar-refractivity contribution in [3.8, 4) is 0 Å². The Bertz CT molecular complexity index is 1800. The lowest BCUT2D eigenvalue weighted by Gasteiger charge is -2.53. The number of para-hydroxylation sites is 2. The van der Waals surface area contributed by atoms with Gasteiger partial charge in [0.05, 0.1) is 24.0 Å². The van der Waals surface area contributed by atoms with Crippen molar-refractivity contribution < 1.29 is 39.6 Å². The zero-order valence-electron chi connectivity index (χ0n) is 29.2. The first-order valence-electron chi connectivity index (χ1n) is 16.5. The van der Waals surface area contributed by atoms with Crippen LogP contribution in [0.25, 0.3) is 0 Å². The fraction of sp³-hybridized carbons (Fsp3) is 0.529. The number of piperazine rings is 2. The molecule has 4 fully saturated rings. The van der Waals surface area contributed by atoms with Gasteiger partial charge in [0.1, 0.15) is 24.5 Å². The highest BCUT2D eigenvalue weighted by Crippen LogP contribution is 2.74. The van der Waals surface area contributed by atoms with Crippen LogP contribution in [0.1, 0.15) is 11.1 Å². The number of hydrogen-bond acceptors (Lipinski definition) is 14. The van der Waals surface area contributed by atoms with E-state index in [9.17, 15) is 20.4 Å². The van der Waals surface area contributed by atoms with Crippen LogP contribution in [0.4, 0.5) is 11.4 Å². The molecule has 0 radical (unpaired) electrons. The Morgan fingerprint density at radius 2 is 0.942 bits per heavy atom. The van der Waals surface area contributed by atoms with Crippen molar-refractivity contribution in [3.05, 3.63) is 59.7 Å². The summed E-state index contributed by atoms with van der Waals surface area (Å²) in [5, 5.41) is 55.6. The third-order valence-electron chi connectivity index (χ3n) is 12.9. The van der Waals surface area contributed by atoms with Crippen LogP contribution in [0.2, 0.25) is 0 Å². The normalized spacial score (nSPS) is 41.3. The first-order chi connectivity index (χ1) is 24.8. The van der Waals surface area contributed by atoms with E-state index in [1.807, 2.05) is 0 Å². The van der Waals surface area contributed by atoms with Crippen LogP contribution in [0.15, 0.2) is 48.5 Å². The number of carbonyl (C=O) groups excluding carboxylic acids is 4. The zero-order valence-corrected chi connectivity index (χ0v) is 32.5. The smallest absolute Gasteiger partial charge is 0.264 e. The number of rotatable bonds is 7. The minimum Gasteiger partial charge on any atom is -0.392 e. The van der Waals surface area contributed by atoms with Gasteiger partial charge in [-0.25, -0.2) is 0 Å². The molecule has 278 valence electrons. The third kappa shape index (κ3) is 3.31. The summed E-state index contributed by atoms with van der Waals surface area (Å²) >= 11 is 3.98. The van der Waals surface area contributed by atoms with E-state index in [1.54, 1.807) is 73.6 Å². The van der Waals surface area contributed by atoms with Gasteiger partial charge in [-0.3, -0.25) is 29.0 Å². The molecule has 10 unspecified atom stereocenters. The summed E-state index contributed by atoms with van der Waals surface area (Å²) in [6.45, 7) is -1.42. The molecule has 0 spiro atoms. The number of anilines is 2. The number of amides is 4. The molecule has 0 bridgehead atoms. The van der Waals surface area contributed by atoms with Crippen LogP contribution in [0, 0.1) is 0 Å². The predicted octanol–water partition coefficient (Wildman–Crippen LogP) is -0.0624. The molecule has 8 rings (SSSR count). The number of likely N-dealkylation sites (N-methyl/N-ethyl adjacent to an activating group) is 2. The molecule has 6 N–H and O–H groups in total. The molecule has 2 aromatic carbocycles. The van der Waals surface area contributed by atoms with Crippen molar-refractivity contribution in [1.82, 2.24) is 19.6 Å². The number of fused-ring (bicyclic) bond motifs is 11. The number of nitrogens with one attached hydrogen (secondary N) is 2. The summed E-state index contributed by atoms with van der Waals surface area (Å²) in [6.07, 6.45) is 0.477. The molecule has 2 aromatic rings. The monoisotopic (exact) mass is 788 g/mol. The van der Waals surface area contributed by atoms with E-state index in [0.29, 0.717) is 22.5 Å². The van der Waals surface area contributed by atoms with Crippen molar-refractivity contribution in [2.75, 3.05) is 63.0 Å². The number of aliphatic hydroxyl groups excluding tert-OH is 4. The Balaban J connectivity index is 1.53. The summed E-state index contributed by atoms with van der Waals surface area (Å²) in [5.41, 5.74) is -1.68. The Labute approximate surface area is 317 Å². The van der Waals surface area contributed by atoms with Gasteiger partial charge in [-0.05, 0) is 48.3 Å². The predicted molar refractivity (Wildman–Crippen MR) is 201 cm³/mol. The van der Waals surface area contributed by atoms with Crippen LogP contribution < -0.4 is 10.6 Å². The van der Waals surface area contributed by atoms with E-state index in [0.717, 1.165) is 47.0 Å². The van der Waals surface area contributed by atoms with Crippen LogP contribution in [-0.4, -0.2) is 160 Å². The molecule has 6 aliphatic heterocycles. The van der Waals surface area contributed by atoms with Gasteiger partial charge >= 0.3 is 0 Å². The number of thioether (sulfide) groups is 4. The third-order valence-corrected chi connectivity index (χ3v) is 17.8. The molecule has 18 heteroatoms. The Kier molecular flexibility index (Phi) is 7.89. The van der Waals surface area contributed by atoms with Crippen molar-refractivity contribution in [2.24, 2.45) is 0 Å². The molecule has 0 aliphatic carbocycles. The quantitative estimate of drug-likeness (QED) is 0.219. The first kappa shape index (κ1) is 36.2. The van der Waals surface area contributed by atoms with Crippen molar-refractivity contribution in [2.45, 2.75) is 54.9 Å². The minimum atomic E-state index is -1.99. The van der Waals surface area contributed by atoms with Crippen LogP contribution >= 0.6 is 47.0 Å². The van der Waals surface area contributed by atoms with Gasteiger partial charge in [-0.15, -0.1) is 47.0 Å². The molecule has 4 amide bonds. The van der Waals surface area contributed by atoms with Crippen LogP contribution in [-0.2, 0) is 30.0 Å². The van der Waals surface area contributed by atoms with Gasteiger partial charge in [-0.2, -0.15) is 0 Å².